The van der Waals surface area contributed by atoms with E-state index in [-0.39, 0.29) is 0 Å². The molecule has 0 spiro atoms. The summed E-state index contributed by atoms with van der Waals surface area (Å²) >= 11 is 0. The van der Waals surface area contributed by atoms with Crippen LogP contribution >= 0.6 is 0 Å². The predicted molar refractivity (Wildman–Crippen MR) is 39.3 cm³/mol. The van der Waals surface area contributed by atoms with Gasteiger partial charge >= 0.3 is 0 Å². The summed E-state index contributed by atoms with van der Waals surface area (Å²) in [6.45, 7) is 0. The van der Waals surface area contributed by atoms with E-state index in [4.69, 9.17) is 5.73 Å². The number of rotatable bonds is 1. The van der Waals surface area contributed by atoms with Crippen molar-refractivity contribution < 1.29 is 0 Å². The van der Waals surface area contributed by atoms with Gasteiger partial charge in [-0.15, -0.1) is 0 Å². The Hall–Kier alpha value is -0.0800. The normalized spacial score (nSPS) is 36.7. The molecule has 0 radical (unpaired) electrons. The van der Waals surface area contributed by atoms with Gasteiger partial charge in [0.05, 0.1) is 0 Å². The van der Waals surface area contributed by atoms with Crippen LogP contribution in [0.2, 0.25) is 0 Å². The smallest absolute Gasteiger partial charge is 0.0216 e. The summed E-state index contributed by atoms with van der Waals surface area (Å²) in [4.78, 5) is 0. The van der Waals surface area contributed by atoms with Crippen molar-refractivity contribution in [3.63, 3.8) is 0 Å². The Morgan fingerprint density at radius 2 is 2.00 bits per heavy atom. The van der Waals surface area contributed by atoms with Crippen LogP contribution in [-0.4, -0.2) is 19.1 Å². The van der Waals surface area contributed by atoms with Crippen molar-refractivity contribution in [2.24, 2.45) is 5.73 Å². The molecule has 0 amide bonds. The van der Waals surface area contributed by atoms with E-state index in [1.165, 1.54) is 25.7 Å². The molecule has 1 saturated carbocycles. The minimum Gasteiger partial charge on any atom is -0.326 e. The number of likely N-dealkylation sites (N-methyl/N-ethyl adjacent to an activating group) is 1. The molecule has 1 aliphatic rings. The molecule has 0 aromatic carbocycles. The number of hydrogen-bond acceptors (Lipinski definition) is 2. The molecule has 1 rings (SSSR count). The molecule has 3 N–H and O–H groups in total. The van der Waals surface area contributed by atoms with Crippen LogP contribution in [0.3, 0.4) is 0 Å². The van der Waals surface area contributed by atoms with Crippen LogP contribution in [0.5, 0.6) is 0 Å². The summed E-state index contributed by atoms with van der Waals surface area (Å²) in [6, 6.07) is 0.988. The minimum absolute atomic E-state index is 0.406. The maximum absolute atomic E-state index is 5.83. The third-order valence-corrected chi connectivity index (χ3v) is 2.19. The second-order valence-corrected chi connectivity index (χ2v) is 2.84. The van der Waals surface area contributed by atoms with E-state index in [1.807, 2.05) is 7.05 Å². The molecule has 0 bridgehead atoms. The SMILES string of the molecule is CN[C@@H]1CCCCC1N. The number of nitrogens with two attached hydrogens (primary N) is 1. The van der Waals surface area contributed by atoms with E-state index in [0.717, 1.165) is 0 Å². The van der Waals surface area contributed by atoms with Gasteiger partial charge in [-0.1, -0.05) is 12.8 Å². The monoisotopic (exact) mass is 128 g/mol. The zero-order valence-electron chi connectivity index (χ0n) is 6.06. The van der Waals surface area contributed by atoms with E-state index in [1.54, 1.807) is 0 Å². The summed E-state index contributed by atoms with van der Waals surface area (Å²) in [6.07, 6.45) is 5.13. The lowest BCUT2D eigenvalue weighted by Crippen LogP contribution is -2.45. The van der Waals surface area contributed by atoms with Gasteiger partial charge in [-0.05, 0) is 19.9 Å². The fraction of sp³-hybridized carbons (Fsp3) is 1.00. The molecular weight excluding hydrogens is 112 g/mol. The Morgan fingerprint density at radius 3 is 2.44 bits per heavy atom. The number of nitrogens with one attached hydrogen (secondary N) is 1. The van der Waals surface area contributed by atoms with Gasteiger partial charge in [-0.25, -0.2) is 0 Å². The van der Waals surface area contributed by atoms with Crippen molar-refractivity contribution in [2.45, 2.75) is 37.8 Å². The third-order valence-electron chi connectivity index (χ3n) is 2.19. The quantitative estimate of drug-likeness (QED) is 0.539. The number of hydrogen-bond donors (Lipinski definition) is 2. The molecule has 54 valence electrons. The molecule has 0 saturated heterocycles. The van der Waals surface area contributed by atoms with E-state index >= 15 is 0 Å². The van der Waals surface area contributed by atoms with Crippen molar-refractivity contribution in [1.82, 2.24) is 5.32 Å². The zero-order chi connectivity index (χ0) is 6.69. The van der Waals surface area contributed by atoms with Gasteiger partial charge in [0.25, 0.3) is 0 Å². The first kappa shape index (κ1) is 7.03. The van der Waals surface area contributed by atoms with Crippen molar-refractivity contribution in [3.05, 3.63) is 0 Å². The van der Waals surface area contributed by atoms with Gasteiger partial charge in [0.2, 0.25) is 0 Å². The highest BCUT2D eigenvalue weighted by molar-refractivity contribution is 4.81. The molecule has 0 aromatic rings. The van der Waals surface area contributed by atoms with E-state index in [2.05, 4.69) is 5.32 Å². The Labute approximate surface area is 56.8 Å². The first-order valence-corrected chi connectivity index (χ1v) is 3.77. The van der Waals surface area contributed by atoms with Gasteiger partial charge in [-0.2, -0.15) is 0 Å². The van der Waals surface area contributed by atoms with Gasteiger partial charge in [0.15, 0.2) is 0 Å². The molecule has 0 aliphatic heterocycles. The van der Waals surface area contributed by atoms with Crippen LogP contribution in [0.25, 0.3) is 0 Å². The van der Waals surface area contributed by atoms with Gasteiger partial charge in [0, 0.05) is 12.1 Å². The highest BCUT2D eigenvalue weighted by Crippen LogP contribution is 2.15. The van der Waals surface area contributed by atoms with Gasteiger partial charge in [0.1, 0.15) is 0 Å². The summed E-state index contributed by atoms with van der Waals surface area (Å²) in [5.41, 5.74) is 5.83. The molecule has 2 atom stereocenters. The van der Waals surface area contributed by atoms with Gasteiger partial charge < -0.3 is 11.1 Å². The maximum atomic E-state index is 5.83. The lowest BCUT2D eigenvalue weighted by Gasteiger charge is -2.27. The summed E-state index contributed by atoms with van der Waals surface area (Å²) in [7, 11) is 2.00. The van der Waals surface area contributed by atoms with Crippen LogP contribution in [-0.2, 0) is 0 Å². The molecular formula is C7H16N2. The van der Waals surface area contributed by atoms with Crippen molar-refractivity contribution >= 4 is 0 Å². The molecule has 1 fully saturated rings. The molecule has 0 heterocycles. The summed E-state index contributed by atoms with van der Waals surface area (Å²) in [5, 5.41) is 3.23. The average Bonchev–Trinajstić information content (AvgIpc) is 1.89. The molecule has 1 aliphatic carbocycles. The summed E-state index contributed by atoms with van der Waals surface area (Å²) < 4.78 is 0. The molecule has 2 nitrogen and oxygen atoms in total. The highest BCUT2D eigenvalue weighted by atomic mass is 14.9. The highest BCUT2D eigenvalue weighted by Gasteiger charge is 2.18. The lowest BCUT2D eigenvalue weighted by atomic mass is 9.91. The van der Waals surface area contributed by atoms with Crippen LogP contribution in [0.4, 0.5) is 0 Å². The Morgan fingerprint density at radius 1 is 1.33 bits per heavy atom. The zero-order valence-corrected chi connectivity index (χ0v) is 6.06. The minimum atomic E-state index is 0.406. The van der Waals surface area contributed by atoms with E-state index in [9.17, 15) is 0 Å². The van der Waals surface area contributed by atoms with E-state index < -0.39 is 0 Å². The van der Waals surface area contributed by atoms with Crippen molar-refractivity contribution in [1.29, 1.82) is 0 Å². The van der Waals surface area contributed by atoms with Crippen LogP contribution < -0.4 is 11.1 Å². The molecule has 2 heteroatoms. The molecule has 9 heavy (non-hydrogen) atoms. The first-order chi connectivity index (χ1) is 4.34. The predicted octanol–water partition coefficient (Wildman–Crippen LogP) is 0.476. The van der Waals surface area contributed by atoms with Crippen molar-refractivity contribution in [2.75, 3.05) is 7.05 Å². The topological polar surface area (TPSA) is 38.0 Å². The Kier molecular flexibility index (Phi) is 2.49. The van der Waals surface area contributed by atoms with Crippen LogP contribution in [0.1, 0.15) is 25.7 Å². The molecule has 1 unspecified atom stereocenters. The third kappa shape index (κ3) is 1.66. The lowest BCUT2D eigenvalue weighted by molar-refractivity contribution is 0.344. The first-order valence-electron chi connectivity index (χ1n) is 3.77. The Balaban J connectivity index is 2.30. The maximum Gasteiger partial charge on any atom is 0.0216 e. The van der Waals surface area contributed by atoms with Gasteiger partial charge in [-0.3, -0.25) is 0 Å². The second-order valence-electron chi connectivity index (χ2n) is 2.84. The van der Waals surface area contributed by atoms with Crippen molar-refractivity contribution in [3.8, 4) is 0 Å². The average molecular weight is 128 g/mol. The largest absolute Gasteiger partial charge is 0.326 e. The fourth-order valence-electron chi connectivity index (χ4n) is 1.52. The Bertz CT molecular complexity index is 83.0. The molecule has 0 aromatic heterocycles. The fourth-order valence-corrected chi connectivity index (χ4v) is 1.52. The standard InChI is InChI=1S/C7H16N2/c1-9-7-5-3-2-4-6(7)8/h6-7,9H,2-5,8H2,1H3/t6?,7-/m1/s1. The van der Waals surface area contributed by atoms with E-state index in [0.29, 0.717) is 12.1 Å². The second kappa shape index (κ2) is 3.18. The van der Waals surface area contributed by atoms with Crippen LogP contribution in [0, 0.1) is 0 Å². The van der Waals surface area contributed by atoms with Crippen LogP contribution in [0.15, 0.2) is 0 Å². The summed E-state index contributed by atoms with van der Waals surface area (Å²) in [5.74, 6) is 0.